The normalized spacial score (nSPS) is 11.9. The van der Waals surface area contributed by atoms with Gasteiger partial charge >= 0.3 is 0 Å². The van der Waals surface area contributed by atoms with E-state index in [1.807, 2.05) is 0 Å². The van der Waals surface area contributed by atoms with Crippen LogP contribution in [-0.2, 0) is 9.05 Å². The monoisotopic (exact) mass is 258 g/mol. The Labute approximate surface area is 95.9 Å². The number of aryl methyl sites for hydroxylation is 1. The van der Waals surface area contributed by atoms with Gasteiger partial charge in [-0.3, -0.25) is 4.79 Å². The molecule has 6 heteroatoms. The average Bonchev–Trinajstić information content (AvgIpc) is 2.22. The Balaban J connectivity index is 2.90. The van der Waals surface area contributed by atoms with Gasteiger partial charge in [0.1, 0.15) is 5.58 Å². The molecule has 0 bridgehead atoms. The summed E-state index contributed by atoms with van der Waals surface area (Å²) < 4.78 is 27.4. The van der Waals surface area contributed by atoms with E-state index in [1.54, 1.807) is 6.92 Å². The van der Waals surface area contributed by atoms with E-state index in [0.29, 0.717) is 11.1 Å². The first-order valence-corrected chi connectivity index (χ1v) is 6.67. The molecule has 0 aliphatic heterocycles. The zero-order valence-electron chi connectivity index (χ0n) is 8.23. The van der Waals surface area contributed by atoms with Crippen molar-refractivity contribution in [1.82, 2.24) is 0 Å². The Hall–Kier alpha value is -1.33. The zero-order valence-corrected chi connectivity index (χ0v) is 9.80. The second-order valence-electron chi connectivity index (χ2n) is 3.34. The summed E-state index contributed by atoms with van der Waals surface area (Å²) in [6.45, 7) is 1.59. The molecule has 0 N–H and O–H groups in total. The maximum atomic E-state index is 11.7. The molecule has 0 radical (unpaired) electrons. The minimum Gasteiger partial charge on any atom is -0.464 e. The molecule has 0 saturated heterocycles. The van der Waals surface area contributed by atoms with Crippen LogP contribution in [0.1, 0.15) is 5.56 Å². The highest BCUT2D eigenvalue weighted by Crippen LogP contribution is 2.19. The molecular weight excluding hydrogens is 252 g/mol. The first-order valence-electron chi connectivity index (χ1n) is 4.36. The van der Waals surface area contributed by atoms with Gasteiger partial charge in [0, 0.05) is 16.2 Å². The molecule has 0 amide bonds. The van der Waals surface area contributed by atoms with Gasteiger partial charge in [0.15, 0.2) is 5.43 Å². The minimum atomic E-state index is -3.83. The van der Waals surface area contributed by atoms with Crippen LogP contribution in [0.4, 0.5) is 0 Å². The topological polar surface area (TPSA) is 64.3 Å². The molecule has 0 aliphatic carbocycles. The lowest BCUT2D eigenvalue weighted by Crippen LogP contribution is -2.05. The fourth-order valence-electron chi connectivity index (χ4n) is 1.36. The van der Waals surface area contributed by atoms with Gasteiger partial charge in [-0.15, -0.1) is 0 Å². The van der Waals surface area contributed by atoms with Gasteiger partial charge in [-0.1, -0.05) is 0 Å². The lowest BCUT2D eigenvalue weighted by Gasteiger charge is -2.00. The maximum absolute atomic E-state index is 11.7. The summed E-state index contributed by atoms with van der Waals surface area (Å²) in [5.74, 6) is 0. The Morgan fingerprint density at radius 1 is 1.31 bits per heavy atom. The van der Waals surface area contributed by atoms with E-state index >= 15 is 0 Å². The van der Waals surface area contributed by atoms with Crippen LogP contribution in [0.15, 0.2) is 38.6 Å². The Bertz CT molecular complexity index is 715. The van der Waals surface area contributed by atoms with Crippen LogP contribution in [-0.4, -0.2) is 8.42 Å². The van der Waals surface area contributed by atoms with Crippen LogP contribution in [0.25, 0.3) is 11.0 Å². The fourth-order valence-corrected chi connectivity index (χ4v) is 2.14. The summed E-state index contributed by atoms with van der Waals surface area (Å²) in [5.41, 5.74) is 0.486. The summed E-state index contributed by atoms with van der Waals surface area (Å²) >= 11 is 0. The van der Waals surface area contributed by atoms with Crippen molar-refractivity contribution in [3.63, 3.8) is 0 Å². The second-order valence-corrected chi connectivity index (χ2v) is 5.91. The standard InChI is InChI=1S/C10H7ClO4S/c1-6-5-15-9-3-2-7(16(11,13)14)4-8(9)10(6)12/h2-5H,1H3. The Kier molecular flexibility index (Phi) is 2.52. The highest BCUT2D eigenvalue weighted by Gasteiger charge is 2.12. The van der Waals surface area contributed by atoms with Crippen molar-refractivity contribution in [2.45, 2.75) is 11.8 Å². The van der Waals surface area contributed by atoms with Gasteiger partial charge in [-0.2, -0.15) is 0 Å². The largest absolute Gasteiger partial charge is 0.464 e. The SMILES string of the molecule is Cc1coc2ccc(S(=O)(=O)Cl)cc2c1=O. The summed E-state index contributed by atoms with van der Waals surface area (Å²) in [4.78, 5) is 11.6. The van der Waals surface area contributed by atoms with Crippen LogP contribution in [0.5, 0.6) is 0 Å². The van der Waals surface area contributed by atoms with Crippen molar-refractivity contribution in [3.05, 3.63) is 40.2 Å². The Morgan fingerprint density at radius 3 is 2.62 bits per heavy atom. The van der Waals surface area contributed by atoms with E-state index < -0.39 is 9.05 Å². The molecule has 4 nitrogen and oxygen atoms in total. The number of hydrogen-bond acceptors (Lipinski definition) is 4. The summed E-state index contributed by atoms with van der Waals surface area (Å²) in [6.07, 6.45) is 1.33. The van der Waals surface area contributed by atoms with Crippen molar-refractivity contribution < 1.29 is 12.8 Å². The highest BCUT2D eigenvalue weighted by molar-refractivity contribution is 8.13. The molecule has 16 heavy (non-hydrogen) atoms. The van der Waals surface area contributed by atoms with Crippen molar-refractivity contribution >= 4 is 30.7 Å². The van der Waals surface area contributed by atoms with E-state index in [-0.39, 0.29) is 15.7 Å². The van der Waals surface area contributed by atoms with Crippen LogP contribution in [0.2, 0.25) is 0 Å². The van der Waals surface area contributed by atoms with Gasteiger partial charge in [0.2, 0.25) is 0 Å². The van der Waals surface area contributed by atoms with Crippen LogP contribution < -0.4 is 5.43 Å². The Morgan fingerprint density at radius 2 is 2.00 bits per heavy atom. The molecule has 0 spiro atoms. The molecule has 1 aromatic carbocycles. The lowest BCUT2D eigenvalue weighted by atomic mass is 10.2. The van der Waals surface area contributed by atoms with E-state index in [2.05, 4.69) is 0 Å². The van der Waals surface area contributed by atoms with E-state index in [0.717, 1.165) is 0 Å². The molecular formula is C10H7ClO4S. The van der Waals surface area contributed by atoms with E-state index in [1.165, 1.54) is 24.5 Å². The fraction of sp³-hybridized carbons (Fsp3) is 0.100. The average molecular weight is 259 g/mol. The predicted molar refractivity (Wildman–Crippen MR) is 60.3 cm³/mol. The summed E-state index contributed by atoms with van der Waals surface area (Å²) in [6, 6.07) is 3.92. The first kappa shape index (κ1) is 11.2. The molecule has 2 aromatic rings. The van der Waals surface area contributed by atoms with Crippen molar-refractivity contribution in [3.8, 4) is 0 Å². The van der Waals surface area contributed by atoms with Gasteiger partial charge < -0.3 is 4.42 Å². The van der Waals surface area contributed by atoms with Gasteiger partial charge in [-0.25, -0.2) is 8.42 Å². The highest BCUT2D eigenvalue weighted by atomic mass is 35.7. The maximum Gasteiger partial charge on any atom is 0.261 e. The van der Waals surface area contributed by atoms with Crippen molar-refractivity contribution in [1.29, 1.82) is 0 Å². The van der Waals surface area contributed by atoms with E-state index in [9.17, 15) is 13.2 Å². The zero-order chi connectivity index (χ0) is 11.9. The quantitative estimate of drug-likeness (QED) is 0.734. The van der Waals surface area contributed by atoms with Gasteiger partial charge in [0.25, 0.3) is 9.05 Å². The third kappa shape index (κ3) is 1.83. The number of hydrogen-bond donors (Lipinski definition) is 0. The number of fused-ring (bicyclic) bond motifs is 1. The molecule has 1 aromatic heterocycles. The third-order valence-electron chi connectivity index (χ3n) is 2.20. The van der Waals surface area contributed by atoms with Crippen molar-refractivity contribution in [2.75, 3.05) is 0 Å². The van der Waals surface area contributed by atoms with Crippen LogP contribution >= 0.6 is 10.7 Å². The molecule has 84 valence electrons. The number of rotatable bonds is 1. The molecule has 0 atom stereocenters. The molecule has 1 heterocycles. The molecule has 0 saturated carbocycles. The van der Waals surface area contributed by atoms with Crippen LogP contribution in [0, 0.1) is 6.92 Å². The second kappa shape index (κ2) is 3.61. The van der Waals surface area contributed by atoms with E-state index in [4.69, 9.17) is 15.1 Å². The molecule has 0 unspecified atom stereocenters. The smallest absolute Gasteiger partial charge is 0.261 e. The summed E-state index contributed by atoms with van der Waals surface area (Å²) in [5, 5.41) is 0.210. The van der Waals surface area contributed by atoms with Crippen molar-refractivity contribution in [2.24, 2.45) is 0 Å². The lowest BCUT2D eigenvalue weighted by molar-refractivity contribution is 0.596. The predicted octanol–water partition coefficient (Wildman–Crippen LogP) is 2.03. The number of benzene rings is 1. The minimum absolute atomic E-state index is 0.112. The molecule has 0 aliphatic rings. The van der Waals surface area contributed by atoms with Gasteiger partial charge in [0.05, 0.1) is 16.5 Å². The summed E-state index contributed by atoms with van der Waals surface area (Å²) in [7, 11) is 1.36. The molecule has 2 rings (SSSR count). The molecule has 0 fully saturated rings. The van der Waals surface area contributed by atoms with Crippen LogP contribution in [0.3, 0.4) is 0 Å². The van der Waals surface area contributed by atoms with Gasteiger partial charge in [-0.05, 0) is 25.1 Å². The third-order valence-corrected chi connectivity index (χ3v) is 3.55. The first-order chi connectivity index (χ1) is 7.39. The number of halogens is 1.